The summed E-state index contributed by atoms with van der Waals surface area (Å²) < 4.78 is 37.0. The fourth-order valence-electron chi connectivity index (χ4n) is 3.17. The van der Waals surface area contributed by atoms with Crippen LogP contribution in [0.25, 0.3) is 16.8 Å². The average molecular weight is 451 g/mol. The van der Waals surface area contributed by atoms with Gasteiger partial charge in [0.05, 0.1) is 30.5 Å². The van der Waals surface area contributed by atoms with Crippen LogP contribution in [0, 0.1) is 0 Å². The number of hydrogen-bond acceptors (Lipinski definition) is 7. The van der Waals surface area contributed by atoms with Gasteiger partial charge in [0.1, 0.15) is 11.1 Å². The van der Waals surface area contributed by atoms with E-state index in [0.29, 0.717) is 35.0 Å². The second-order valence-corrected chi connectivity index (χ2v) is 9.34. The Morgan fingerprint density at radius 1 is 1.37 bits per heavy atom. The SMILES string of the molecule is CNC(=O)c1cc(-c2cnn3cc(Cl)c(OC4CCOC4)nc23)cc(S(C)(=O)=O)c1. The van der Waals surface area contributed by atoms with Gasteiger partial charge in [0, 0.05) is 30.9 Å². The first kappa shape index (κ1) is 20.6. The van der Waals surface area contributed by atoms with Crippen LogP contribution in [0.5, 0.6) is 5.88 Å². The minimum Gasteiger partial charge on any atom is -0.471 e. The first-order chi connectivity index (χ1) is 14.3. The monoisotopic (exact) mass is 450 g/mol. The Labute approximate surface area is 177 Å². The molecular weight excluding hydrogens is 432 g/mol. The summed E-state index contributed by atoms with van der Waals surface area (Å²) in [5.74, 6) is -0.160. The predicted molar refractivity (Wildman–Crippen MR) is 110 cm³/mol. The number of benzene rings is 1. The number of hydrogen-bond donors (Lipinski definition) is 1. The first-order valence-electron chi connectivity index (χ1n) is 9.12. The topological polar surface area (TPSA) is 112 Å². The molecule has 0 bridgehead atoms. The van der Waals surface area contributed by atoms with Gasteiger partial charge in [-0.25, -0.2) is 12.9 Å². The largest absolute Gasteiger partial charge is 0.471 e. The van der Waals surface area contributed by atoms with Gasteiger partial charge in [-0.05, 0) is 23.8 Å². The lowest BCUT2D eigenvalue weighted by molar-refractivity contribution is 0.0963. The maximum absolute atomic E-state index is 12.2. The van der Waals surface area contributed by atoms with Gasteiger partial charge >= 0.3 is 0 Å². The molecule has 9 nitrogen and oxygen atoms in total. The minimum atomic E-state index is -3.55. The van der Waals surface area contributed by atoms with Gasteiger partial charge in [0.15, 0.2) is 15.5 Å². The van der Waals surface area contributed by atoms with Crippen LogP contribution in [0.3, 0.4) is 0 Å². The molecule has 30 heavy (non-hydrogen) atoms. The molecule has 0 spiro atoms. The molecule has 1 N–H and O–H groups in total. The Morgan fingerprint density at radius 3 is 2.83 bits per heavy atom. The highest BCUT2D eigenvalue weighted by atomic mass is 35.5. The quantitative estimate of drug-likeness (QED) is 0.632. The van der Waals surface area contributed by atoms with Crippen molar-refractivity contribution in [3.8, 4) is 17.0 Å². The number of ether oxygens (including phenoxy) is 2. The standard InChI is InChI=1S/C19H19ClN4O5S/c1-21-18(25)12-5-11(6-14(7-12)30(2,26)27)15-8-22-24-9-16(20)19(23-17(15)24)29-13-3-4-28-10-13/h5-9,13H,3-4,10H2,1-2H3,(H,21,25). The van der Waals surface area contributed by atoms with Crippen LogP contribution in [0.15, 0.2) is 35.5 Å². The van der Waals surface area contributed by atoms with Crippen LogP contribution >= 0.6 is 11.6 Å². The Morgan fingerprint density at radius 2 is 2.17 bits per heavy atom. The van der Waals surface area contributed by atoms with E-state index in [1.165, 1.54) is 29.9 Å². The molecule has 1 saturated heterocycles. The number of carbonyl (C=O) groups is 1. The highest BCUT2D eigenvalue weighted by Crippen LogP contribution is 2.31. The van der Waals surface area contributed by atoms with Crippen molar-refractivity contribution in [3.05, 3.63) is 41.2 Å². The number of nitrogens with zero attached hydrogens (tertiary/aromatic N) is 3. The number of aromatic nitrogens is 3. The van der Waals surface area contributed by atoms with E-state index in [2.05, 4.69) is 15.4 Å². The highest BCUT2D eigenvalue weighted by Gasteiger charge is 2.22. The molecule has 158 valence electrons. The summed E-state index contributed by atoms with van der Waals surface area (Å²) >= 11 is 6.29. The fourth-order valence-corrected chi connectivity index (χ4v) is 4.03. The molecule has 1 atom stereocenters. The number of fused-ring (bicyclic) bond motifs is 1. The maximum Gasteiger partial charge on any atom is 0.251 e. The van der Waals surface area contributed by atoms with Crippen molar-refractivity contribution < 1.29 is 22.7 Å². The molecule has 1 aliphatic rings. The number of halogens is 1. The maximum atomic E-state index is 12.2. The van der Waals surface area contributed by atoms with Crippen molar-refractivity contribution in [2.75, 3.05) is 26.5 Å². The van der Waals surface area contributed by atoms with Gasteiger partial charge in [-0.15, -0.1) is 0 Å². The van der Waals surface area contributed by atoms with Crippen molar-refractivity contribution in [3.63, 3.8) is 0 Å². The third kappa shape index (κ3) is 3.98. The number of amides is 1. The number of sulfone groups is 1. The van der Waals surface area contributed by atoms with Crippen molar-refractivity contribution in [2.24, 2.45) is 0 Å². The highest BCUT2D eigenvalue weighted by molar-refractivity contribution is 7.90. The lowest BCUT2D eigenvalue weighted by Gasteiger charge is -2.12. The summed E-state index contributed by atoms with van der Waals surface area (Å²) in [6, 6.07) is 4.41. The van der Waals surface area contributed by atoms with Crippen molar-refractivity contribution in [2.45, 2.75) is 17.4 Å². The molecule has 0 saturated carbocycles. The second kappa shape index (κ2) is 7.86. The van der Waals surface area contributed by atoms with Gasteiger partial charge in [-0.1, -0.05) is 11.6 Å². The molecule has 3 aromatic rings. The van der Waals surface area contributed by atoms with Crippen LogP contribution in [0.1, 0.15) is 16.8 Å². The van der Waals surface area contributed by atoms with Gasteiger partial charge in [-0.2, -0.15) is 10.1 Å². The summed E-state index contributed by atoms with van der Waals surface area (Å²) in [5, 5.41) is 7.05. The molecule has 4 rings (SSSR count). The van der Waals surface area contributed by atoms with E-state index in [-0.39, 0.29) is 22.4 Å². The zero-order chi connectivity index (χ0) is 21.5. The lowest BCUT2D eigenvalue weighted by Crippen LogP contribution is -2.18. The smallest absolute Gasteiger partial charge is 0.251 e. The van der Waals surface area contributed by atoms with Crippen molar-refractivity contribution in [1.29, 1.82) is 0 Å². The average Bonchev–Trinajstić information content (AvgIpc) is 3.36. The van der Waals surface area contributed by atoms with Gasteiger partial charge < -0.3 is 14.8 Å². The summed E-state index contributed by atoms with van der Waals surface area (Å²) in [6.07, 6.45) is 4.79. The van der Waals surface area contributed by atoms with Crippen molar-refractivity contribution in [1.82, 2.24) is 19.9 Å². The molecule has 1 fully saturated rings. The van der Waals surface area contributed by atoms with Crippen LogP contribution in [0.2, 0.25) is 5.02 Å². The second-order valence-electron chi connectivity index (χ2n) is 6.92. The van der Waals surface area contributed by atoms with E-state index < -0.39 is 15.7 Å². The lowest BCUT2D eigenvalue weighted by atomic mass is 10.1. The molecule has 2 aromatic heterocycles. The van der Waals surface area contributed by atoms with Gasteiger partial charge in [-0.3, -0.25) is 4.79 Å². The van der Waals surface area contributed by atoms with Crippen LogP contribution in [-0.2, 0) is 14.6 Å². The summed E-state index contributed by atoms with van der Waals surface area (Å²) in [5.41, 5.74) is 1.65. The Balaban J connectivity index is 1.85. The molecule has 1 aromatic carbocycles. The third-order valence-corrected chi connectivity index (χ3v) is 6.07. The fraction of sp³-hybridized carbons (Fsp3) is 0.316. The molecule has 0 radical (unpaired) electrons. The zero-order valence-electron chi connectivity index (χ0n) is 16.3. The molecule has 1 aliphatic heterocycles. The Bertz CT molecular complexity index is 1240. The van der Waals surface area contributed by atoms with Crippen LogP contribution in [0.4, 0.5) is 0 Å². The number of nitrogens with one attached hydrogen (secondary N) is 1. The van der Waals surface area contributed by atoms with Gasteiger partial charge in [0.25, 0.3) is 5.91 Å². The third-order valence-electron chi connectivity index (χ3n) is 4.72. The minimum absolute atomic E-state index is 0.0199. The van der Waals surface area contributed by atoms with E-state index in [1.54, 1.807) is 12.3 Å². The number of rotatable bonds is 5. The van der Waals surface area contributed by atoms with Gasteiger partial charge in [0.2, 0.25) is 5.88 Å². The van der Waals surface area contributed by atoms with E-state index in [1.807, 2.05) is 0 Å². The van der Waals surface area contributed by atoms with E-state index in [9.17, 15) is 13.2 Å². The predicted octanol–water partition coefficient (Wildman–Crippen LogP) is 1.98. The molecule has 1 amide bonds. The van der Waals surface area contributed by atoms with Crippen LogP contribution < -0.4 is 10.1 Å². The van der Waals surface area contributed by atoms with Crippen molar-refractivity contribution >= 4 is 33.0 Å². The summed E-state index contributed by atoms with van der Waals surface area (Å²) in [7, 11) is -2.08. The number of carbonyl (C=O) groups excluding carboxylic acids is 1. The molecule has 11 heteroatoms. The first-order valence-corrected chi connectivity index (χ1v) is 11.4. The Kier molecular flexibility index (Phi) is 5.39. The molecule has 3 heterocycles. The zero-order valence-corrected chi connectivity index (χ0v) is 17.8. The summed E-state index contributed by atoms with van der Waals surface area (Å²) in [6.45, 7) is 1.07. The summed E-state index contributed by atoms with van der Waals surface area (Å²) in [4.78, 5) is 16.7. The Hall–Kier alpha value is -2.69. The van der Waals surface area contributed by atoms with E-state index in [4.69, 9.17) is 21.1 Å². The normalized spacial score (nSPS) is 16.7. The molecule has 1 unspecified atom stereocenters. The molecular formula is C19H19ClN4O5S. The van der Waals surface area contributed by atoms with E-state index in [0.717, 1.165) is 12.7 Å². The molecule has 0 aliphatic carbocycles. The van der Waals surface area contributed by atoms with E-state index >= 15 is 0 Å². The van der Waals surface area contributed by atoms with Crippen LogP contribution in [-0.4, -0.2) is 61.5 Å².